The summed E-state index contributed by atoms with van der Waals surface area (Å²) in [5.74, 6) is 2.50. The van der Waals surface area contributed by atoms with Crippen LogP contribution in [0.15, 0.2) is 48.7 Å². The largest absolute Gasteiger partial charge is 0.497 e. The SMILES string of the molecule is CCN(CC)c1ccc(Nc2nc(N3CCN(c4ccc(OC)cc4)C(C)(C)C3)ncc2C)c(C)c1. The molecule has 1 N–H and O–H groups in total. The summed E-state index contributed by atoms with van der Waals surface area (Å²) in [4.78, 5) is 16.8. The molecule has 2 aromatic carbocycles. The summed E-state index contributed by atoms with van der Waals surface area (Å²) in [6, 6.07) is 14.9. The van der Waals surface area contributed by atoms with Gasteiger partial charge < -0.3 is 24.8 Å². The number of aryl methyl sites for hydroxylation is 2. The average molecular weight is 489 g/mol. The van der Waals surface area contributed by atoms with E-state index in [0.717, 1.165) is 61.5 Å². The molecule has 0 bridgehead atoms. The summed E-state index contributed by atoms with van der Waals surface area (Å²) in [5.41, 5.74) is 5.68. The van der Waals surface area contributed by atoms with Crippen LogP contribution in [0, 0.1) is 13.8 Å². The van der Waals surface area contributed by atoms with Crippen LogP contribution >= 0.6 is 0 Å². The first-order chi connectivity index (χ1) is 17.2. The number of nitrogens with one attached hydrogen (secondary N) is 1. The molecule has 0 spiro atoms. The molecule has 1 aromatic heterocycles. The lowest BCUT2D eigenvalue weighted by atomic mass is 9.98. The average Bonchev–Trinajstić information content (AvgIpc) is 2.87. The predicted molar refractivity (Wildman–Crippen MR) is 151 cm³/mol. The molecular weight excluding hydrogens is 448 g/mol. The van der Waals surface area contributed by atoms with Gasteiger partial charge in [-0.1, -0.05) is 0 Å². The van der Waals surface area contributed by atoms with E-state index < -0.39 is 0 Å². The fourth-order valence-corrected chi connectivity index (χ4v) is 4.98. The van der Waals surface area contributed by atoms with Crippen molar-refractivity contribution in [2.75, 3.05) is 59.9 Å². The van der Waals surface area contributed by atoms with Crippen molar-refractivity contribution in [3.05, 3.63) is 59.8 Å². The molecule has 1 saturated heterocycles. The molecule has 4 rings (SSSR count). The first-order valence-corrected chi connectivity index (χ1v) is 12.9. The summed E-state index contributed by atoms with van der Waals surface area (Å²) < 4.78 is 5.33. The Hall–Kier alpha value is -3.48. The summed E-state index contributed by atoms with van der Waals surface area (Å²) in [7, 11) is 1.70. The van der Waals surface area contributed by atoms with Crippen LogP contribution in [0.4, 0.5) is 28.8 Å². The van der Waals surface area contributed by atoms with E-state index in [1.165, 1.54) is 16.9 Å². The minimum atomic E-state index is -0.0779. The van der Waals surface area contributed by atoms with Crippen LogP contribution in [-0.4, -0.2) is 55.3 Å². The van der Waals surface area contributed by atoms with E-state index in [2.05, 4.69) is 91.9 Å². The van der Waals surface area contributed by atoms with Gasteiger partial charge in [0.1, 0.15) is 11.6 Å². The third-order valence-corrected chi connectivity index (χ3v) is 7.12. The second-order valence-corrected chi connectivity index (χ2v) is 10.1. The van der Waals surface area contributed by atoms with E-state index in [9.17, 15) is 0 Å². The molecule has 2 heterocycles. The smallest absolute Gasteiger partial charge is 0.227 e. The highest BCUT2D eigenvalue weighted by Crippen LogP contribution is 2.32. The van der Waals surface area contributed by atoms with Crippen molar-refractivity contribution in [2.24, 2.45) is 0 Å². The highest BCUT2D eigenvalue weighted by atomic mass is 16.5. The van der Waals surface area contributed by atoms with Crippen LogP contribution in [0.1, 0.15) is 38.8 Å². The number of ether oxygens (including phenoxy) is 1. The van der Waals surface area contributed by atoms with Gasteiger partial charge in [-0.2, -0.15) is 4.98 Å². The Morgan fingerprint density at radius 1 is 1.00 bits per heavy atom. The molecule has 192 valence electrons. The van der Waals surface area contributed by atoms with Gasteiger partial charge in [0.05, 0.1) is 12.6 Å². The van der Waals surface area contributed by atoms with Gasteiger partial charge in [0.2, 0.25) is 5.95 Å². The molecule has 3 aromatic rings. The van der Waals surface area contributed by atoms with Gasteiger partial charge in [-0.05, 0) is 89.6 Å². The van der Waals surface area contributed by atoms with Crippen LogP contribution in [0.25, 0.3) is 0 Å². The Balaban J connectivity index is 1.51. The predicted octanol–water partition coefficient (Wildman–Crippen LogP) is 5.80. The maximum Gasteiger partial charge on any atom is 0.227 e. The van der Waals surface area contributed by atoms with Crippen LogP contribution in [0.2, 0.25) is 0 Å². The molecule has 1 aliphatic rings. The zero-order valence-electron chi connectivity index (χ0n) is 22.8. The number of methoxy groups -OCH3 is 1. The third-order valence-electron chi connectivity index (χ3n) is 7.12. The van der Waals surface area contributed by atoms with Gasteiger partial charge >= 0.3 is 0 Å². The van der Waals surface area contributed by atoms with Gasteiger partial charge in [-0.3, -0.25) is 0 Å². The minimum absolute atomic E-state index is 0.0779. The number of benzene rings is 2. The Labute approximate surface area is 216 Å². The first kappa shape index (κ1) is 25.6. The molecule has 0 saturated carbocycles. The zero-order valence-corrected chi connectivity index (χ0v) is 22.8. The van der Waals surface area contributed by atoms with Gasteiger partial charge in [0, 0.05) is 61.5 Å². The molecule has 7 nitrogen and oxygen atoms in total. The third kappa shape index (κ3) is 5.35. The van der Waals surface area contributed by atoms with Crippen molar-refractivity contribution < 1.29 is 4.74 Å². The van der Waals surface area contributed by atoms with Crippen molar-refractivity contribution in [3.8, 4) is 5.75 Å². The van der Waals surface area contributed by atoms with Crippen molar-refractivity contribution in [3.63, 3.8) is 0 Å². The summed E-state index contributed by atoms with van der Waals surface area (Å²) >= 11 is 0. The number of rotatable bonds is 8. The molecule has 7 heteroatoms. The monoisotopic (exact) mass is 488 g/mol. The minimum Gasteiger partial charge on any atom is -0.497 e. The maximum absolute atomic E-state index is 5.33. The van der Waals surface area contributed by atoms with Crippen LogP contribution in [0.3, 0.4) is 0 Å². The molecule has 0 unspecified atom stereocenters. The Morgan fingerprint density at radius 2 is 1.72 bits per heavy atom. The van der Waals surface area contributed by atoms with Gasteiger partial charge in [0.25, 0.3) is 0 Å². The normalized spacial score (nSPS) is 15.1. The van der Waals surface area contributed by atoms with Crippen molar-refractivity contribution in [1.29, 1.82) is 0 Å². The number of hydrogen-bond donors (Lipinski definition) is 1. The quantitative estimate of drug-likeness (QED) is 0.430. The van der Waals surface area contributed by atoms with E-state index in [0.29, 0.717) is 0 Å². The maximum atomic E-state index is 5.33. The van der Waals surface area contributed by atoms with E-state index in [1.54, 1.807) is 7.11 Å². The van der Waals surface area contributed by atoms with Gasteiger partial charge in [-0.15, -0.1) is 0 Å². The number of aromatic nitrogens is 2. The summed E-state index contributed by atoms with van der Waals surface area (Å²) in [6.07, 6.45) is 1.92. The van der Waals surface area contributed by atoms with Crippen LogP contribution in [0.5, 0.6) is 5.75 Å². The molecule has 36 heavy (non-hydrogen) atoms. The molecule has 0 aliphatic carbocycles. The second-order valence-electron chi connectivity index (χ2n) is 10.1. The molecule has 1 aliphatic heterocycles. The molecular formula is C29H40N6O. The second kappa shape index (κ2) is 10.6. The van der Waals surface area contributed by atoms with Crippen molar-refractivity contribution in [1.82, 2.24) is 9.97 Å². The first-order valence-electron chi connectivity index (χ1n) is 12.9. The zero-order chi connectivity index (χ0) is 25.9. The Kier molecular flexibility index (Phi) is 7.57. The van der Waals surface area contributed by atoms with Gasteiger partial charge in [0.15, 0.2) is 0 Å². The standard InChI is InChI=1S/C29H40N6O/c1-8-33(9-2)24-12-15-26(21(3)18-24)31-27-22(4)19-30-28(32-27)34-16-17-35(29(5,6)20-34)23-10-13-25(36-7)14-11-23/h10-15,18-19H,8-9,16-17,20H2,1-7H3,(H,30,31,32). The van der Waals surface area contributed by atoms with Gasteiger partial charge in [-0.25, -0.2) is 4.98 Å². The molecule has 1 fully saturated rings. The molecule has 0 atom stereocenters. The number of hydrogen-bond acceptors (Lipinski definition) is 7. The number of anilines is 5. The van der Waals surface area contributed by atoms with E-state index in [-0.39, 0.29) is 5.54 Å². The fourth-order valence-electron chi connectivity index (χ4n) is 4.98. The Morgan fingerprint density at radius 3 is 2.33 bits per heavy atom. The lowest BCUT2D eigenvalue weighted by Gasteiger charge is -2.48. The van der Waals surface area contributed by atoms with Crippen molar-refractivity contribution >= 4 is 28.8 Å². The summed E-state index contributed by atoms with van der Waals surface area (Å²) in [6.45, 7) is 17.7. The lowest BCUT2D eigenvalue weighted by Crippen LogP contribution is -2.60. The fraction of sp³-hybridized carbons (Fsp3) is 0.448. The number of nitrogens with zero attached hydrogens (tertiary/aromatic N) is 5. The van der Waals surface area contributed by atoms with Crippen LogP contribution in [-0.2, 0) is 0 Å². The number of piperazine rings is 1. The van der Waals surface area contributed by atoms with E-state index in [1.807, 2.05) is 18.3 Å². The molecule has 0 radical (unpaired) electrons. The van der Waals surface area contributed by atoms with E-state index in [4.69, 9.17) is 14.7 Å². The Bertz CT molecular complexity index is 1170. The topological polar surface area (TPSA) is 56.8 Å². The highest BCUT2D eigenvalue weighted by Gasteiger charge is 2.35. The lowest BCUT2D eigenvalue weighted by molar-refractivity contribution is 0.408. The van der Waals surface area contributed by atoms with E-state index >= 15 is 0 Å². The highest BCUT2D eigenvalue weighted by molar-refractivity contribution is 5.67. The summed E-state index contributed by atoms with van der Waals surface area (Å²) in [5, 5.41) is 3.57. The van der Waals surface area contributed by atoms with Crippen molar-refractivity contribution in [2.45, 2.75) is 47.1 Å². The molecule has 0 amide bonds. The van der Waals surface area contributed by atoms with Crippen LogP contribution < -0.4 is 24.8 Å².